The van der Waals surface area contributed by atoms with Crippen LogP contribution in [0.4, 0.5) is 5.69 Å². The van der Waals surface area contributed by atoms with Crippen LogP contribution in [0, 0.1) is 11.3 Å². The summed E-state index contributed by atoms with van der Waals surface area (Å²) < 4.78 is 30.8. The van der Waals surface area contributed by atoms with Crippen LogP contribution in [0.2, 0.25) is 0 Å². The lowest BCUT2D eigenvalue weighted by molar-refractivity contribution is -0.138. The van der Waals surface area contributed by atoms with Gasteiger partial charge in [0.25, 0.3) is 0 Å². The highest BCUT2D eigenvalue weighted by Crippen LogP contribution is 2.18. The van der Waals surface area contributed by atoms with E-state index in [0.717, 1.165) is 0 Å². The Balaban J connectivity index is 2.93. The fourth-order valence-electron chi connectivity index (χ4n) is 1.94. The third kappa shape index (κ3) is 4.81. The quantitative estimate of drug-likeness (QED) is 0.437. The number of benzene rings is 1. The number of rotatable bonds is 8. The van der Waals surface area contributed by atoms with E-state index in [0.29, 0.717) is 18.8 Å². The Morgan fingerprint density at radius 3 is 2.29 bits per heavy atom. The molecular formula is C16H21N3O4S. The number of carbonyl (C=O) groups excluding carboxylic acids is 1. The Kier molecular flexibility index (Phi) is 7.42. The Morgan fingerprint density at radius 1 is 1.25 bits per heavy atom. The summed E-state index contributed by atoms with van der Waals surface area (Å²) in [5.74, 6) is -0.715. The molecular weight excluding hydrogens is 330 g/mol. The molecule has 0 aliphatic heterocycles. The van der Waals surface area contributed by atoms with Crippen molar-refractivity contribution in [3.8, 4) is 6.07 Å². The van der Waals surface area contributed by atoms with Crippen molar-refractivity contribution in [2.24, 2.45) is 0 Å². The van der Waals surface area contributed by atoms with E-state index in [1.807, 2.05) is 0 Å². The summed E-state index contributed by atoms with van der Waals surface area (Å²) in [5.41, 5.74) is 0.377. The fraction of sp³-hybridized carbons (Fsp3) is 0.375. The van der Waals surface area contributed by atoms with Crippen LogP contribution >= 0.6 is 0 Å². The first-order valence-electron chi connectivity index (χ1n) is 7.54. The van der Waals surface area contributed by atoms with Gasteiger partial charge in [-0.3, -0.25) is 0 Å². The molecule has 1 aromatic rings. The second-order valence-electron chi connectivity index (χ2n) is 4.65. The number of sulfonamides is 1. The minimum absolute atomic E-state index is 0.170. The topological polar surface area (TPSA) is 99.5 Å². The van der Waals surface area contributed by atoms with E-state index in [1.165, 1.54) is 22.6 Å². The van der Waals surface area contributed by atoms with Gasteiger partial charge in [0, 0.05) is 25.0 Å². The van der Waals surface area contributed by atoms with Crippen molar-refractivity contribution >= 4 is 21.7 Å². The lowest BCUT2D eigenvalue weighted by atomic mass is 10.3. The Hall–Kier alpha value is -2.37. The smallest absolute Gasteiger partial charge is 0.350 e. The maximum atomic E-state index is 12.4. The first-order chi connectivity index (χ1) is 11.4. The highest BCUT2D eigenvalue weighted by molar-refractivity contribution is 7.89. The lowest BCUT2D eigenvalue weighted by Crippen LogP contribution is -2.30. The molecule has 0 amide bonds. The van der Waals surface area contributed by atoms with Gasteiger partial charge < -0.3 is 10.1 Å². The normalized spacial score (nSPS) is 11.9. The number of carbonyl (C=O) groups is 1. The Labute approximate surface area is 142 Å². The van der Waals surface area contributed by atoms with Gasteiger partial charge in [-0.1, -0.05) is 13.8 Å². The zero-order chi connectivity index (χ0) is 18.2. The summed E-state index contributed by atoms with van der Waals surface area (Å²) in [7, 11) is -3.51. The SMILES string of the molecule is CCOC(=O)/C(C#N)=C/Nc1ccc(S(=O)(=O)N(CC)CC)cc1. The number of nitrogens with one attached hydrogen (secondary N) is 1. The Morgan fingerprint density at radius 2 is 1.83 bits per heavy atom. The molecule has 130 valence electrons. The predicted molar refractivity (Wildman–Crippen MR) is 90.5 cm³/mol. The molecule has 0 bridgehead atoms. The van der Waals surface area contributed by atoms with Crippen LogP contribution in [-0.4, -0.2) is 38.4 Å². The predicted octanol–water partition coefficient (Wildman–Crippen LogP) is 2.10. The van der Waals surface area contributed by atoms with Gasteiger partial charge in [0.1, 0.15) is 6.07 Å². The van der Waals surface area contributed by atoms with Gasteiger partial charge in [-0.25, -0.2) is 13.2 Å². The molecule has 0 spiro atoms. The third-order valence-electron chi connectivity index (χ3n) is 3.20. The van der Waals surface area contributed by atoms with Crippen molar-refractivity contribution in [1.29, 1.82) is 5.26 Å². The molecule has 0 unspecified atom stereocenters. The number of hydrogen-bond acceptors (Lipinski definition) is 6. The van der Waals surface area contributed by atoms with Gasteiger partial charge in [0.15, 0.2) is 5.57 Å². The number of hydrogen-bond donors (Lipinski definition) is 1. The Bertz CT molecular complexity index is 730. The van der Waals surface area contributed by atoms with Crippen molar-refractivity contribution in [3.05, 3.63) is 36.0 Å². The molecule has 24 heavy (non-hydrogen) atoms. The van der Waals surface area contributed by atoms with Crippen LogP contribution < -0.4 is 5.32 Å². The minimum atomic E-state index is -3.51. The summed E-state index contributed by atoms with van der Waals surface area (Å²) in [5, 5.41) is 11.7. The van der Waals surface area contributed by atoms with Gasteiger partial charge in [0.2, 0.25) is 10.0 Å². The van der Waals surface area contributed by atoms with Crippen LogP contribution in [0.25, 0.3) is 0 Å². The van der Waals surface area contributed by atoms with Gasteiger partial charge in [-0.05, 0) is 31.2 Å². The van der Waals surface area contributed by atoms with E-state index in [9.17, 15) is 13.2 Å². The summed E-state index contributed by atoms with van der Waals surface area (Å²) >= 11 is 0. The molecule has 7 nitrogen and oxygen atoms in total. The first-order valence-corrected chi connectivity index (χ1v) is 8.98. The maximum Gasteiger partial charge on any atom is 0.350 e. The van der Waals surface area contributed by atoms with E-state index < -0.39 is 16.0 Å². The number of nitrogens with zero attached hydrogens (tertiary/aromatic N) is 2. The molecule has 0 aromatic heterocycles. The van der Waals surface area contributed by atoms with Crippen LogP contribution in [-0.2, 0) is 19.6 Å². The summed E-state index contributed by atoms with van der Waals surface area (Å²) in [6.45, 7) is 6.17. The fourth-order valence-corrected chi connectivity index (χ4v) is 3.39. The van der Waals surface area contributed by atoms with Crippen LogP contribution in [0.15, 0.2) is 40.9 Å². The second kappa shape index (κ2) is 9.05. The van der Waals surface area contributed by atoms with E-state index in [1.54, 1.807) is 39.0 Å². The first kappa shape index (κ1) is 19.7. The molecule has 1 N–H and O–H groups in total. The van der Waals surface area contributed by atoms with Crippen LogP contribution in [0.5, 0.6) is 0 Å². The van der Waals surface area contributed by atoms with Crippen molar-refractivity contribution in [3.63, 3.8) is 0 Å². The van der Waals surface area contributed by atoms with Crippen LogP contribution in [0.1, 0.15) is 20.8 Å². The standard InChI is InChI=1S/C16H21N3O4S/c1-4-19(5-2)24(21,22)15-9-7-14(8-10-15)18-12-13(11-17)16(20)23-6-3/h7-10,12,18H,4-6H2,1-3H3/b13-12+. The molecule has 0 fully saturated rings. The van der Waals surface area contributed by atoms with Gasteiger partial charge >= 0.3 is 5.97 Å². The zero-order valence-electron chi connectivity index (χ0n) is 13.9. The number of nitriles is 1. The maximum absolute atomic E-state index is 12.4. The molecule has 1 rings (SSSR count). The van der Waals surface area contributed by atoms with Gasteiger partial charge in [-0.2, -0.15) is 9.57 Å². The van der Waals surface area contributed by atoms with Crippen molar-refractivity contribution in [2.45, 2.75) is 25.7 Å². The molecule has 1 aromatic carbocycles. The average molecular weight is 351 g/mol. The van der Waals surface area contributed by atoms with Crippen molar-refractivity contribution < 1.29 is 17.9 Å². The summed E-state index contributed by atoms with van der Waals surface area (Å²) in [4.78, 5) is 11.7. The summed E-state index contributed by atoms with van der Waals surface area (Å²) in [6.07, 6.45) is 1.23. The van der Waals surface area contributed by atoms with E-state index in [-0.39, 0.29) is 17.1 Å². The van der Waals surface area contributed by atoms with E-state index >= 15 is 0 Å². The molecule has 0 radical (unpaired) electrons. The number of anilines is 1. The van der Waals surface area contributed by atoms with E-state index in [4.69, 9.17) is 10.00 Å². The second-order valence-corrected chi connectivity index (χ2v) is 6.59. The van der Waals surface area contributed by atoms with E-state index in [2.05, 4.69) is 5.32 Å². The average Bonchev–Trinajstić information content (AvgIpc) is 2.57. The molecule has 0 saturated carbocycles. The zero-order valence-corrected chi connectivity index (χ0v) is 14.8. The molecule has 0 atom stereocenters. The molecule has 0 aliphatic carbocycles. The summed E-state index contributed by atoms with van der Waals surface area (Å²) in [6, 6.07) is 7.81. The number of ether oxygens (including phenoxy) is 1. The van der Waals surface area contributed by atoms with Crippen LogP contribution in [0.3, 0.4) is 0 Å². The van der Waals surface area contributed by atoms with Crippen molar-refractivity contribution in [2.75, 3.05) is 25.0 Å². The molecule has 0 heterocycles. The minimum Gasteiger partial charge on any atom is -0.462 e. The highest BCUT2D eigenvalue weighted by Gasteiger charge is 2.21. The van der Waals surface area contributed by atoms with Gasteiger partial charge in [0.05, 0.1) is 11.5 Å². The van der Waals surface area contributed by atoms with Crippen molar-refractivity contribution in [1.82, 2.24) is 4.31 Å². The highest BCUT2D eigenvalue weighted by atomic mass is 32.2. The largest absolute Gasteiger partial charge is 0.462 e. The molecule has 0 saturated heterocycles. The number of esters is 1. The van der Waals surface area contributed by atoms with Gasteiger partial charge in [-0.15, -0.1) is 0 Å². The monoisotopic (exact) mass is 351 g/mol. The lowest BCUT2D eigenvalue weighted by Gasteiger charge is -2.18. The molecule has 0 aliphatic rings. The molecule has 8 heteroatoms. The third-order valence-corrected chi connectivity index (χ3v) is 5.26.